The van der Waals surface area contributed by atoms with Crippen molar-refractivity contribution >= 4 is 17.5 Å². The molecule has 1 aliphatic heterocycles. The van der Waals surface area contributed by atoms with Gasteiger partial charge in [-0.3, -0.25) is 19.3 Å². The third-order valence-electron chi connectivity index (χ3n) is 5.66. The lowest BCUT2D eigenvalue weighted by Gasteiger charge is -2.34. The van der Waals surface area contributed by atoms with Crippen LogP contribution in [0.2, 0.25) is 0 Å². The topological polar surface area (TPSA) is 57.7 Å². The van der Waals surface area contributed by atoms with Gasteiger partial charge in [0.2, 0.25) is 0 Å². The van der Waals surface area contributed by atoms with Crippen LogP contribution in [0.1, 0.15) is 62.0 Å². The number of nitrogens with zero attached hydrogens (tertiary/aromatic N) is 2. The Morgan fingerprint density at radius 3 is 2.11 bits per heavy atom. The van der Waals surface area contributed by atoms with Gasteiger partial charge in [0.15, 0.2) is 11.6 Å². The second-order valence-electron chi connectivity index (χ2n) is 7.45. The van der Waals surface area contributed by atoms with E-state index in [4.69, 9.17) is 0 Å². The summed E-state index contributed by atoms with van der Waals surface area (Å²) in [6.07, 6.45) is 2.35. The van der Waals surface area contributed by atoms with Gasteiger partial charge in [-0.15, -0.1) is 0 Å². The van der Waals surface area contributed by atoms with E-state index in [-0.39, 0.29) is 17.5 Å². The maximum Gasteiger partial charge on any atom is 0.253 e. The zero-order valence-corrected chi connectivity index (χ0v) is 16.1. The Morgan fingerprint density at radius 1 is 0.857 bits per heavy atom. The molecule has 1 aliphatic carbocycles. The molecule has 0 radical (unpaired) electrons. The molecule has 0 saturated carbocycles. The van der Waals surface area contributed by atoms with Crippen LogP contribution in [0.5, 0.6) is 0 Å². The van der Waals surface area contributed by atoms with E-state index in [1.54, 1.807) is 42.5 Å². The Labute approximate surface area is 164 Å². The first-order valence-corrected chi connectivity index (χ1v) is 9.94. The van der Waals surface area contributed by atoms with Crippen molar-refractivity contribution in [2.24, 2.45) is 0 Å². The number of fused-ring (bicyclic) bond motifs is 2. The summed E-state index contributed by atoms with van der Waals surface area (Å²) in [5.41, 5.74) is 2.03. The highest BCUT2D eigenvalue weighted by Crippen LogP contribution is 2.28. The minimum atomic E-state index is -0.191. The van der Waals surface area contributed by atoms with E-state index in [0.717, 1.165) is 19.6 Å². The van der Waals surface area contributed by atoms with Crippen molar-refractivity contribution in [3.8, 4) is 0 Å². The molecular weight excluding hydrogens is 352 g/mol. The van der Waals surface area contributed by atoms with Crippen molar-refractivity contribution in [1.29, 1.82) is 0 Å². The summed E-state index contributed by atoms with van der Waals surface area (Å²) in [6.45, 7) is 6.39. The molecule has 1 fully saturated rings. The molecule has 0 spiro atoms. The van der Waals surface area contributed by atoms with Gasteiger partial charge in [0.25, 0.3) is 5.91 Å². The summed E-state index contributed by atoms with van der Waals surface area (Å²) in [5.74, 6) is -0.421. The lowest BCUT2D eigenvalue weighted by molar-refractivity contribution is 0.0635. The van der Waals surface area contributed by atoms with E-state index in [1.807, 2.05) is 4.90 Å². The Balaban J connectivity index is 1.54. The lowest BCUT2D eigenvalue weighted by atomic mass is 9.83. The number of benzene rings is 2. The highest BCUT2D eigenvalue weighted by Gasteiger charge is 2.31. The van der Waals surface area contributed by atoms with Crippen LogP contribution in [0.3, 0.4) is 0 Å². The molecule has 0 aromatic heterocycles. The summed E-state index contributed by atoms with van der Waals surface area (Å²) < 4.78 is 0. The summed E-state index contributed by atoms with van der Waals surface area (Å²) in [6, 6.07) is 11.7. The third-order valence-corrected chi connectivity index (χ3v) is 5.66. The highest BCUT2D eigenvalue weighted by molar-refractivity contribution is 6.28. The number of amides is 1. The quantitative estimate of drug-likeness (QED) is 0.702. The summed E-state index contributed by atoms with van der Waals surface area (Å²) in [4.78, 5) is 42.7. The maximum atomic E-state index is 13.0. The van der Waals surface area contributed by atoms with Crippen LogP contribution in [0.15, 0.2) is 42.5 Å². The number of hydrogen-bond acceptors (Lipinski definition) is 4. The van der Waals surface area contributed by atoms with E-state index in [0.29, 0.717) is 40.9 Å². The predicted octanol–water partition coefficient (Wildman–Crippen LogP) is 3.02. The number of carbonyl (C=O) groups is 3. The van der Waals surface area contributed by atoms with Gasteiger partial charge < -0.3 is 4.90 Å². The Bertz CT molecular complexity index is 943. The van der Waals surface area contributed by atoms with E-state index in [2.05, 4.69) is 11.8 Å². The largest absolute Gasteiger partial charge is 0.336 e. The van der Waals surface area contributed by atoms with Gasteiger partial charge in [-0.1, -0.05) is 37.6 Å². The van der Waals surface area contributed by atoms with Crippen molar-refractivity contribution in [3.05, 3.63) is 70.3 Å². The van der Waals surface area contributed by atoms with Crippen molar-refractivity contribution in [2.75, 3.05) is 32.7 Å². The molecule has 1 saturated heterocycles. The fourth-order valence-corrected chi connectivity index (χ4v) is 3.97. The summed E-state index contributed by atoms with van der Waals surface area (Å²) >= 11 is 0. The third kappa shape index (κ3) is 3.27. The van der Waals surface area contributed by atoms with Crippen LogP contribution in [-0.4, -0.2) is 60.0 Å². The second-order valence-corrected chi connectivity index (χ2v) is 7.45. The molecule has 2 aromatic rings. The standard InChI is InChI=1S/C23H24N2O3/c1-2-3-10-24-11-13-25(14-12-24)23(28)16-8-9-19-20(15-16)22(27)18-7-5-4-6-17(18)21(19)26/h4-9,15H,2-3,10-14H2,1H3. The predicted molar refractivity (Wildman–Crippen MR) is 107 cm³/mol. The SMILES string of the molecule is CCCCN1CCN(C(=O)c2ccc3c(c2)C(=O)c2ccccc2C3=O)CC1. The van der Waals surface area contributed by atoms with Gasteiger partial charge in [0.05, 0.1) is 0 Å². The van der Waals surface area contributed by atoms with Crippen LogP contribution in [0.4, 0.5) is 0 Å². The number of piperazine rings is 1. The molecule has 0 unspecified atom stereocenters. The van der Waals surface area contributed by atoms with Gasteiger partial charge in [-0.25, -0.2) is 0 Å². The van der Waals surface area contributed by atoms with Gasteiger partial charge in [0, 0.05) is 54.0 Å². The lowest BCUT2D eigenvalue weighted by Crippen LogP contribution is -2.48. The van der Waals surface area contributed by atoms with Crippen LogP contribution in [0.25, 0.3) is 0 Å². The second kappa shape index (κ2) is 7.68. The van der Waals surface area contributed by atoms with Crippen molar-refractivity contribution in [2.45, 2.75) is 19.8 Å². The molecule has 144 valence electrons. The normalized spacial score (nSPS) is 16.7. The number of carbonyl (C=O) groups excluding carboxylic acids is 3. The minimum Gasteiger partial charge on any atom is -0.336 e. The molecule has 0 N–H and O–H groups in total. The van der Waals surface area contributed by atoms with Gasteiger partial charge in [-0.2, -0.15) is 0 Å². The zero-order valence-electron chi connectivity index (χ0n) is 16.1. The average Bonchev–Trinajstić information content (AvgIpc) is 2.75. The number of unbranched alkanes of at least 4 members (excludes halogenated alkanes) is 1. The first-order chi connectivity index (χ1) is 13.6. The van der Waals surface area contributed by atoms with Crippen LogP contribution < -0.4 is 0 Å². The molecule has 0 atom stereocenters. The molecule has 5 heteroatoms. The monoisotopic (exact) mass is 376 g/mol. The smallest absolute Gasteiger partial charge is 0.253 e. The number of hydrogen-bond donors (Lipinski definition) is 0. The summed E-state index contributed by atoms with van der Waals surface area (Å²) in [7, 11) is 0. The molecule has 0 bridgehead atoms. The summed E-state index contributed by atoms with van der Waals surface area (Å²) in [5, 5.41) is 0. The Hall–Kier alpha value is -2.79. The van der Waals surface area contributed by atoms with Crippen LogP contribution in [0, 0.1) is 0 Å². The van der Waals surface area contributed by atoms with Gasteiger partial charge in [-0.05, 0) is 31.2 Å². The molecule has 1 heterocycles. The molecular formula is C23H24N2O3. The van der Waals surface area contributed by atoms with E-state index >= 15 is 0 Å². The Kier molecular flexibility index (Phi) is 5.09. The molecule has 4 rings (SSSR count). The molecule has 2 aromatic carbocycles. The van der Waals surface area contributed by atoms with E-state index in [9.17, 15) is 14.4 Å². The van der Waals surface area contributed by atoms with Crippen LogP contribution >= 0.6 is 0 Å². The highest BCUT2D eigenvalue weighted by atomic mass is 16.2. The Morgan fingerprint density at radius 2 is 1.46 bits per heavy atom. The van der Waals surface area contributed by atoms with Crippen molar-refractivity contribution in [3.63, 3.8) is 0 Å². The zero-order chi connectivity index (χ0) is 19.7. The molecule has 1 amide bonds. The van der Waals surface area contributed by atoms with Crippen molar-refractivity contribution < 1.29 is 14.4 Å². The van der Waals surface area contributed by atoms with E-state index in [1.165, 1.54) is 12.8 Å². The average molecular weight is 376 g/mol. The fourth-order valence-electron chi connectivity index (χ4n) is 3.97. The van der Waals surface area contributed by atoms with E-state index < -0.39 is 0 Å². The molecule has 2 aliphatic rings. The fraction of sp³-hybridized carbons (Fsp3) is 0.348. The van der Waals surface area contributed by atoms with Crippen molar-refractivity contribution in [1.82, 2.24) is 9.80 Å². The van der Waals surface area contributed by atoms with Gasteiger partial charge in [0.1, 0.15) is 0 Å². The van der Waals surface area contributed by atoms with Gasteiger partial charge >= 0.3 is 0 Å². The van der Waals surface area contributed by atoms with Crippen LogP contribution in [-0.2, 0) is 0 Å². The first kappa shape index (κ1) is 18.6. The molecule has 28 heavy (non-hydrogen) atoms. The minimum absolute atomic E-state index is 0.0722. The maximum absolute atomic E-state index is 13.0. The number of ketones is 2. The number of rotatable bonds is 4. The first-order valence-electron chi connectivity index (χ1n) is 9.94. The molecule has 5 nitrogen and oxygen atoms in total.